The minimum Gasteiger partial charge on any atom is -0.322 e. The van der Waals surface area contributed by atoms with Crippen molar-refractivity contribution >= 4 is 21.7 Å². The normalized spacial score (nSPS) is 10.9. The van der Waals surface area contributed by atoms with Gasteiger partial charge in [-0.3, -0.25) is 4.79 Å². The van der Waals surface area contributed by atoms with Crippen LogP contribution in [0.25, 0.3) is 21.7 Å². The lowest BCUT2D eigenvalue weighted by molar-refractivity contribution is 1.31. The van der Waals surface area contributed by atoms with Crippen molar-refractivity contribution in [3.8, 4) is 0 Å². The van der Waals surface area contributed by atoms with Crippen LogP contribution in [-0.4, -0.2) is 4.98 Å². The fourth-order valence-electron chi connectivity index (χ4n) is 1.84. The molecule has 0 aliphatic rings. The van der Waals surface area contributed by atoms with Gasteiger partial charge in [0.1, 0.15) is 0 Å². The summed E-state index contributed by atoms with van der Waals surface area (Å²) in [6, 6.07) is 15.6. The molecule has 0 bridgehead atoms. The van der Waals surface area contributed by atoms with Crippen LogP contribution in [0, 0.1) is 0 Å². The largest absolute Gasteiger partial charge is 0.322 e. The van der Waals surface area contributed by atoms with Crippen LogP contribution in [0.4, 0.5) is 0 Å². The molecular formula is C13H9NO. The molecule has 15 heavy (non-hydrogen) atoms. The summed E-state index contributed by atoms with van der Waals surface area (Å²) in [6.07, 6.45) is 0. The predicted octanol–water partition coefficient (Wildman–Crippen LogP) is 2.68. The molecule has 2 heteroatoms. The fourth-order valence-corrected chi connectivity index (χ4v) is 1.84. The van der Waals surface area contributed by atoms with Crippen molar-refractivity contribution in [3.05, 3.63) is 58.9 Å². The average molecular weight is 195 g/mol. The number of fused-ring (bicyclic) bond motifs is 2. The number of benzene rings is 2. The maximum absolute atomic E-state index is 11.2. The molecule has 0 saturated heterocycles. The van der Waals surface area contributed by atoms with Crippen LogP contribution in [0.5, 0.6) is 0 Å². The summed E-state index contributed by atoms with van der Waals surface area (Å²) >= 11 is 0. The molecule has 0 aliphatic carbocycles. The van der Waals surface area contributed by atoms with E-state index in [-0.39, 0.29) is 5.56 Å². The highest BCUT2D eigenvalue weighted by molar-refractivity contribution is 5.96. The third-order valence-corrected chi connectivity index (χ3v) is 2.59. The van der Waals surface area contributed by atoms with E-state index in [1.807, 2.05) is 30.3 Å². The summed E-state index contributed by atoms with van der Waals surface area (Å²) in [5.74, 6) is 0. The number of rotatable bonds is 0. The number of aromatic amines is 1. The van der Waals surface area contributed by atoms with Crippen molar-refractivity contribution < 1.29 is 0 Å². The monoisotopic (exact) mass is 195 g/mol. The Balaban J connectivity index is 2.53. The molecular weight excluding hydrogens is 186 g/mol. The summed E-state index contributed by atoms with van der Waals surface area (Å²) in [4.78, 5) is 14.0. The summed E-state index contributed by atoms with van der Waals surface area (Å²) in [5.41, 5.74) is 0.832. The first-order chi connectivity index (χ1) is 7.33. The molecule has 0 amide bonds. The van der Waals surface area contributed by atoms with Crippen molar-refractivity contribution in [2.75, 3.05) is 0 Å². The first kappa shape index (κ1) is 8.24. The second-order valence-electron chi connectivity index (χ2n) is 3.61. The van der Waals surface area contributed by atoms with Gasteiger partial charge in [-0.2, -0.15) is 0 Å². The van der Waals surface area contributed by atoms with Crippen molar-refractivity contribution in [2.45, 2.75) is 0 Å². The molecule has 0 aliphatic heterocycles. The summed E-state index contributed by atoms with van der Waals surface area (Å²) in [6.45, 7) is 0. The van der Waals surface area contributed by atoms with E-state index in [1.165, 1.54) is 5.39 Å². The van der Waals surface area contributed by atoms with E-state index in [2.05, 4.69) is 17.1 Å². The van der Waals surface area contributed by atoms with Gasteiger partial charge in [0.05, 0.1) is 0 Å². The Hall–Kier alpha value is -2.09. The Kier molecular flexibility index (Phi) is 1.62. The van der Waals surface area contributed by atoms with Crippen LogP contribution in [-0.2, 0) is 0 Å². The summed E-state index contributed by atoms with van der Waals surface area (Å²) in [5, 5.41) is 3.40. The van der Waals surface area contributed by atoms with Crippen LogP contribution < -0.4 is 5.56 Å². The number of nitrogens with one attached hydrogen (secondary N) is 1. The van der Waals surface area contributed by atoms with E-state index in [9.17, 15) is 4.79 Å². The zero-order valence-electron chi connectivity index (χ0n) is 8.03. The van der Waals surface area contributed by atoms with Gasteiger partial charge < -0.3 is 4.98 Å². The first-order valence-electron chi connectivity index (χ1n) is 4.85. The van der Waals surface area contributed by atoms with Crippen molar-refractivity contribution in [1.29, 1.82) is 0 Å². The van der Waals surface area contributed by atoms with E-state index in [0.717, 1.165) is 16.3 Å². The van der Waals surface area contributed by atoms with Crippen molar-refractivity contribution in [3.63, 3.8) is 0 Å². The Morgan fingerprint density at radius 2 is 1.53 bits per heavy atom. The molecule has 0 fully saturated rings. The zero-order chi connectivity index (χ0) is 10.3. The molecule has 0 unspecified atom stereocenters. The second-order valence-corrected chi connectivity index (χ2v) is 3.61. The Morgan fingerprint density at radius 1 is 0.800 bits per heavy atom. The Labute approximate surface area is 86.2 Å². The number of pyridine rings is 1. The molecule has 3 aromatic rings. The lowest BCUT2D eigenvalue weighted by Crippen LogP contribution is -2.01. The predicted molar refractivity (Wildman–Crippen MR) is 62.1 cm³/mol. The number of hydrogen-bond acceptors (Lipinski definition) is 1. The first-order valence-corrected chi connectivity index (χ1v) is 4.85. The van der Waals surface area contributed by atoms with Gasteiger partial charge in [0.2, 0.25) is 5.56 Å². The van der Waals surface area contributed by atoms with Crippen LogP contribution >= 0.6 is 0 Å². The highest BCUT2D eigenvalue weighted by Crippen LogP contribution is 2.19. The van der Waals surface area contributed by atoms with E-state index < -0.39 is 0 Å². The minimum absolute atomic E-state index is 0.0576. The highest BCUT2D eigenvalue weighted by Gasteiger charge is 1.97. The molecule has 3 rings (SSSR count). The number of aromatic nitrogens is 1. The van der Waals surface area contributed by atoms with Gasteiger partial charge >= 0.3 is 0 Å². The smallest absolute Gasteiger partial charge is 0.248 e. The van der Waals surface area contributed by atoms with Gasteiger partial charge in [0, 0.05) is 11.6 Å². The molecule has 1 N–H and O–H groups in total. The molecule has 0 atom stereocenters. The van der Waals surface area contributed by atoms with Gasteiger partial charge in [0.15, 0.2) is 0 Å². The van der Waals surface area contributed by atoms with E-state index >= 15 is 0 Å². The van der Waals surface area contributed by atoms with E-state index in [1.54, 1.807) is 6.07 Å². The third kappa shape index (κ3) is 1.31. The maximum Gasteiger partial charge on any atom is 0.248 e. The van der Waals surface area contributed by atoms with Crippen LogP contribution in [0.15, 0.2) is 53.3 Å². The van der Waals surface area contributed by atoms with Gasteiger partial charge in [-0.1, -0.05) is 24.3 Å². The Morgan fingerprint density at radius 3 is 2.33 bits per heavy atom. The molecule has 2 aromatic carbocycles. The van der Waals surface area contributed by atoms with Crippen molar-refractivity contribution in [2.24, 2.45) is 0 Å². The van der Waals surface area contributed by atoms with Crippen LogP contribution in [0.2, 0.25) is 0 Å². The van der Waals surface area contributed by atoms with E-state index in [4.69, 9.17) is 0 Å². The SMILES string of the molecule is O=c1ccc2cc3ccccc3cc2[nH]1. The number of hydrogen-bond donors (Lipinski definition) is 1. The van der Waals surface area contributed by atoms with Gasteiger partial charge in [-0.15, -0.1) is 0 Å². The molecule has 72 valence electrons. The lowest BCUT2D eigenvalue weighted by atomic mass is 10.1. The van der Waals surface area contributed by atoms with Gasteiger partial charge in [-0.05, 0) is 34.4 Å². The second kappa shape index (κ2) is 2.95. The fraction of sp³-hybridized carbons (Fsp3) is 0. The molecule has 1 aromatic heterocycles. The number of H-pyrrole nitrogens is 1. The van der Waals surface area contributed by atoms with E-state index in [0.29, 0.717) is 0 Å². The molecule has 0 radical (unpaired) electrons. The van der Waals surface area contributed by atoms with Crippen LogP contribution in [0.3, 0.4) is 0 Å². The zero-order valence-corrected chi connectivity index (χ0v) is 8.03. The highest BCUT2D eigenvalue weighted by atomic mass is 16.1. The molecule has 0 saturated carbocycles. The van der Waals surface area contributed by atoms with Gasteiger partial charge in [0.25, 0.3) is 0 Å². The third-order valence-electron chi connectivity index (χ3n) is 2.59. The van der Waals surface area contributed by atoms with Gasteiger partial charge in [-0.25, -0.2) is 0 Å². The standard InChI is InChI=1S/C13H9NO/c15-13-6-5-11-7-9-3-1-2-4-10(9)8-12(11)14-13/h1-8H,(H,14,15). The Bertz CT molecular complexity index is 697. The minimum atomic E-state index is -0.0576. The maximum atomic E-state index is 11.2. The van der Waals surface area contributed by atoms with Crippen molar-refractivity contribution in [1.82, 2.24) is 4.98 Å². The molecule has 1 heterocycles. The molecule has 0 spiro atoms. The van der Waals surface area contributed by atoms with Crippen LogP contribution in [0.1, 0.15) is 0 Å². The average Bonchev–Trinajstić information content (AvgIpc) is 2.26. The quantitative estimate of drug-likeness (QED) is 0.549. The lowest BCUT2D eigenvalue weighted by Gasteiger charge is -2.00. The topological polar surface area (TPSA) is 32.9 Å². The summed E-state index contributed by atoms with van der Waals surface area (Å²) in [7, 11) is 0. The summed E-state index contributed by atoms with van der Waals surface area (Å²) < 4.78 is 0. The molecule has 2 nitrogen and oxygen atoms in total.